The van der Waals surface area contributed by atoms with Crippen molar-refractivity contribution in [1.29, 1.82) is 0 Å². The Morgan fingerprint density at radius 3 is 2.57 bits per heavy atom. The predicted molar refractivity (Wildman–Crippen MR) is 96.1 cm³/mol. The highest BCUT2D eigenvalue weighted by Crippen LogP contribution is 2.15. The van der Waals surface area contributed by atoms with Crippen LogP contribution < -0.4 is 11.1 Å². The molecule has 11 nitrogen and oxygen atoms in total. The van der Waals surface area contributed by atoms with Crippen molar-refractivity contribution < 1.29 is 29.4 Å². The molecule has 152 valence electrons. The molecule has 4 N–H and O–H groups in total. The Morgan fingerprint density at radius 2 is 2.04 bits per heavy atom. The van der Waals surface area contributed by atoms with Crippen LogP contribution in [-0.4, -0.2) is 63.9 Å². The van der Waals surface area contributed by atoms with E-state index in [4.69, 9.17) is 15.8 Å². The standard InChI is InChI=1S/C17H23N5O6/c1-10(17(25)22-7-5-13(6-8-22)28-27-11(2)23)20-16(24)14-4-3-12(9-19-14)15(18)21-26/h3-4,9-10,13,26H,5-8H2,1-2H3,(H2,18,21)(H,20,24). The van der Waals surface area contributed by atoms with Crippen LogP contribution in [0.4, 0.5) is 0 Å². The number of hydrogen-bond donors (Lipinski definition) is 3. The lowest BCUT2D eigenvalue weighted by Gasteiger charge is -2.32. The van der Waals surface area contributed by atoms with Gasteiger partial charge in [0.2, 0.25) is 5.91 Å². The second-order valence-electron chi connectivity index (χ2n) is 6.31. The smallest absolute Gasteiger partial charge is 0.339 e. The summed E-state index contributed by atoms with van der Waals surface area (Å²) in [4.78, 5) is 50.6. The van der Waals surface area contributed by atoms with Crippen molar-refractivity contribution >= 4 is 23.6 Å². The number of aromatic nitrogens is 1. The topological polar surface area (TPSA) is 156 Å². The van der Waals surface area contributed by atoms with Crippen molar-refractivity contribution in [1.82, 2.24) is 15.2 Å². The minimum Gasteiger partial charge on any atom is -0.409 e. The zero-order chi connectivity index (χ0) is 20.7. The van der Waals surface area contributed by atoms with Crippen LogP contribution in [0.25, 0.3) is 0 Å². The number of nitrogens with one attached hydrogen (secondary N) is 1. The van der Waals surface area contributed by atoms with Gasteiger partial charge in [0.1, 0.15) is 17.8 Å². The van der Waals surface area contributed by atoms with Crippen molar-refractivity contribution in [2.45, 2.75) is 38.8 Å². The monoisotopic (exact) mass is 393 g/mol. The summed E-state index contributed by atoms with van der Waals surface area (Å²) >= 11 is 0. The molecule has 1 unspecified atom stereocenters. The van der Waals surface area contributed by atoms with E-state index in [1.165, 1.54) is 25.3 Å². The van der Waals surface area contributed by atoms with E-state index >= 15 is 0 Å². The number of oxime groups is 1. The Morgan fingerprint density at radius 1 is 1.36 bits per heavy atom. The van der Waals surface area contributed by atoms with Crippen molar-refractivity contribution in [3.05, 3.63) is 29.6 Å². The van der Waals surface area contributed by atoms with Gasteiger partial charge in [-0.1, -0.05) is 5.16 Å². The molecule has 2 heterocycles. The third-order valence-electron chi connectivity index (χ3n) is 4.17. The van der Waals surface area contributed by atoms with Crippen molar-refractivity contribution in [3.8, 4) is 0 Å². The lowest BCUT2D eigenvalue weighted by atomic mass is 10.1. The van der Waals surface area contributed by atoms with Gasteiger partial charge >= 0.3 is 5.97 Å². The van der Waals surface area contributed by atoms with E-state index in [-0.39, 0.29) is 23.5 Å². The number of hydrogen-bond acceptors (Lipinski definition) is 8. The molecule has 0 aliphatic carbocycles. The van der Waals surface area contributed by atoms with Crippen LogP contribution >= 0.6 is 0 Å². The number of piperidine rings is 1. The fourth-order valence-corrected chi connectivity index (χ4v) is 2.65. The molecule has 0 bridgehead atoms. The summed E-state index contributed by atoms with van der Waals surface area (Å²) in [6.07, 6.45) is 2.09. The number of pyridine rings is 1. The molecule has 0 aromatic carbocycles. The predicted octanol–water partition coefficient (Wildman–Crippen LogP) is -0.220. The number of amides is 2. The molecule has 1 fully saturated rings. The van der Waals surface area contributed by atoms with Crippen molar-refractivity contribution in [2.75, 3.05) is 13.1 Å². The van der Waals surface area contributed by atoms with E-state index in [0.717, 1.165) is 0 Å². The Balaban J connectivity index is 1.85. The molecule has 28 heavy (non-hydrogen) atoms. The zero-order valence-electron chi connectivity index (χ0n) is 15.6. The van der Waals surface area contributed by atoms with Gasteiger partial charge in [0.05, 0.1) is 0 Å². The summed E-state index contributed by atoms with van der Waals surface area (Å²) in [5, 5.41) is 14.1. The molecular formula is C17H23N5O6. The summed E-state index contributed by atoms with van der Waals surface area (Å²) in [7, 11) is 0. The Labute approximate surface area is 161 Å². The van der Waals surface area contributed by atoms with Gasteiger partial charge in [-0.15, -0.1) is 0 Å². The number of carbonyl (C=O) groups is 3. The van der Waals surface area contributed by atoms with E-state index in [1.54, 1.807) is 11.8 Å². The van der Waals surface area contributed by atoms with Gasteiger partial charge in [-0.2, -0.15) is 4.89 Å². The van der Waals surface area contributed by atoms with Gasteiger partial charge in [-0.3, -0.25) is 19.5 Å². The minimum atomic E-state index is -0.746. The van der Waals surface area contributed by atoms with Gasteiger partial charge in [-0.05, 0) is 31.9 Å². The van der Waals surface area contributed by atoms with Crippen LogP contribution in [0, 0.1) is 0 Å². The summed E-state index contributed by atoms with van der Waals surface area (Å²) in [6.45, 7) is 3.70. The van der Waals surface area contributed by atoms with Crippen LogP contribution in [0.2, 0.25) is 0 Å². The molecule has 0 radical (unpaired) electrons. The molecule has 11 heteroatoms. The summed E-state index contributed by atoms with van der Waals surface area (Å²) in [5.41, 5.74) is 5.91. The highest BCUT2D eigenvalue weighted by Gasteiger charge is 2.28. The second-order valence-corrected chi connectivity index (χ2v) is 6.31. The quantitative estimate of drug-likeness (QED) is 0.197. The van der Waals surface area contributed by atoms with Crippen LogP contribution in [-0.2, 0) is 19.4 Å². The maximum atomic E-state index is 12.5. The second kappa shape index (κ2) is 9.65. The first-order chi connectivity index (χ1) is 13.3. The van der Waals surface area contributed by atoms with Gasteiger partial charge in [0.25, 0.3) is 5.91 Å². The molecule has 1 aliphatic rings. The molecule has 0 saturated carbocycles. The summed E-state index contributed by atoms with van der Waals surface area (Å²) in [5.74, 6) is -1.39. The Kier molecular flexibility index (Phi) is 7.27. The third-order valence-corrected chi connectivity index (χ3v) is 4.17. The lowest BCUT2D eigenvalue weighted by molar-refractivity contribution is -0.301. The van der Waals surface area contributed by atoms with Crippen molar-refractivity contribution in [3.63, 3.8) is 0 Å². The first kappa shape index (κ1) is 21.1. The van der Waals surface area contributed by atoms with E-state index in [1.807, 2.05) is 0 Å². The first-order valence-corrected chi connectivity index (χ1v) is 8.69. The van der Waals surface area contributed by atoms with Gasteiger partial charge in [-0.25, -0.2) is 4.79 Å². The molecule has 1 saturated heterocycles. The van der Waals surface area contributed by atoms with Crippen LogP contribution in [0.3, 0.4) is 0 Å². The number of likely N-dealkylation sites (tertiary alicyclic amines) is 1. The molecule has 1 atom stereocenters. The lowest BCUT2D eigenvalue weighted by Crippen LogP contribution is -2.50. The number of amidine groups is 1. The normalized spacial score (nSPS) is 16.4. The molecular weight excluding hydrogens is 370 g/mol. The maximum absolute atomic E-state index is 12.5. The van der Waals surface area contributed by atoms with Gasteiger partial charge < -0.3 is 21.2 Å². The molecule has 2 rings (SSSR count). The summed E-state index contributed by atoms with van der Waals surface area (Å²) < 4.78 is 0. The Hall–Kier alpha value is -3.21. The van der Waals surface area contributed by atoms with Crippen LogP contribution in [0.5, 0.6) is 0 Å². The van der Waals surface area contributed by atoms with E-state index < -0.39 is 17.9 Å². The number of rotatable bonds is 6. The Bertz CT molecular complexity index is 743. The van der Waals surface area contributed by atoms with E-state index in [0.29, 0.717) is 31.5 Å². The SMILES string of the molecule is CC(=O)OOC1CCN(C(=O)C(C)NC(=O)c2ccc(/C(N)=N\O)cn2)CC1. The van der Waals surface area contributed by atoms with Crippen LogP contribution in [0.1, 0.15) is 42.7 Å². The first-order valence-electron chi connectivity index (χ1n) is 8.69. The highest BCUT2D eigenvalue weighted by molar-refractivity contribution is 5.99. The third kappa shape index (κ3) is 5.64. The molecule has 1 aliphatic heterocycles. The van der Waals surface area contributed by atoms with Gasteiger partial charge in [0, 0.05) is 31.8 Å². The maximum Gasteiger partial charge on any atom is 0.339 e. The average molecular weight is 393 g/mol. The minimum absolute atomic E-state index is 0.0997. The molecule has 1 aromatic rings. The molecule has 0 spiro atoms. The molecule has 1 aromatic heterocycles. The highest BCUT2D eigenvalue weighted by atomic mass is 17.2. The van der Waals surface area contributed by atoms with E-state index in [9.17, 15) is 14.4 Å². The zero-order valence-corrected chi connectivity index (χ0v) is 15.6. The average Bonchev–Trinajstić information content (AvgIpc) is 2.71. The van der Waals surface area contributed by atoms with E-state index in [2.05, 4.69) is 20.3 Å². The fourth-order valence-electron chi connectivity index (χ4n) is 2.65. The summed E-state index contributed by atoms with van der Waals surface area (Å²) in [6, 6.07) is 2.15. The number of nitrogens with zero attached hydrogens (tertiary/aromatic N) is 3. The number of carbonyl (C=O) groups excluding carboxylic acids is 3. The van der Waals surface area contributed by atoms with Gasteiger partial charge in [0.15, 0.2) is 5.84 Å². The largest absolute Gasteiger partial charge is 0.409 e. The molecule has 2 amide bonds. The van der Waals surface area contributed by atoms with Crippen LogP contribution in [0.15, 0.2) is 23.5 Å². The fraction of sp³-hybridized carbons (Fsp3) is 0.471. The van der Waals surface area contributed by atoms with Crippen molar-refractivity contribution in [2.24, 2.45) is 10.9 Å². The number of nitrogens with two attached hydrogens (primary N) is 1.